The van der Waals surface area contributed by atoms with Crippen molar-refractivity contribution >= 4 is 16.9 Å². The Kier molecular flexibility index (Phi) is 4.55. The highest BCUT2D eigenvalue weighted by atomic mass is 19.1. The summed E-state index contributed by atoms with van der Waals surface area (Å²) in [6.07, 6.45) is 1.67. The second kappa shape index (κ2) is 7.09. The van der Waals surface area contributed by atoms with Gasteiger partial charge in [0.05, 0.1) is 5.54 Å². The summed E-state index contributed by atoms with van der Waals surface area (Å²) >= 11 is 0. The standard InChI is InChI=1S/C27H26F2N2O/c1-15-14-27(2,3)30-22-11-10-19-20-12-17(28)13-21(29)26(20)32-25(24(19)23(15)22)16-6-8-18(9-7-16)31(4)5/h6-14,25,30H,1-5H3. The van der Waals surface area contributed by atoms with E-state index in [1.54, 1.807) is 0 Å². The van der Waals surface area contributed by atoms with Gasteiger partial charge in [0.25, 0.3) is 0 Å². The maximum Gasteiger partial charge on any atom is 0.168 e. The molecule has 2 aliphatic heterocycles. The van der Waals surface area contributed by atoms with Crippen LogP contribution in [0.3, 0.4) is 0 Å². The quantitative estimate of drug-likeness (QED) is 0.483. The van der Waals surface area contributed by atoms with Gasteiger partial charge < -0.3 is 15.0 Å². The van der Waals surface area contributed by atoms with Gasteiger partial charge in [-0.15, -0.1) is 0 Å². The number of benzene rings is 3. The van der Waals surface area contributed by atoms with Gasteiger partial charge in [0.15, 0.2) is 17.7 Å². The molecule has 0 aromatic heterocycles. The number of hydrogen-bond acceptors (Lipinski definition) is 3. The van der Waals surface area contributed by atoms with Crippen LogP contribution in [0, 0.1) is 11.6 Å². The fourth-order valence-electron chi connectivity index (χ4n) is 4.89. The van der Waals surface area contributed by atoms with E-state index in [1.165, 1.54) is 6.07 Å². The Labute approximate surface area is 187 Å². The van der Waals surface area contributed by atoms with Gasteiger partial charge in [-0.05, 0) is 61.7 Å². The molecule has 3 nitrogen and oxygen atoms in total. The first-order chi connectivity index (χ1) is 15.1. The zero-order chi connectivity index (χ0) is 22.8. The number of ether oxygens (including phenoxy) is 1. The Balaban J connectivity index is 1.78. The molecule has 1 unspecified atom stereocenters. The van der Waals surface area contributed by atoms with E-state index < -0.39 is 17.7 Å². The largest absolute Gasteiger partial charge is 0.477 e. The molecule has 3 aromatic rings. The van der Waals surface area contributed by atoms with Gasteiger partial charge in [-0.2, -0.15) is 0 Å². The summed E-state index contributed by atoms with van der Waals surface area (Å²) in [5.41, 5.74) is 7.07. The zero-order valence-electron chi connectivity index (χ0n) is 18.9. The van der Waals surface area contributed by atoms with Crippen molar-refractivity contribution in [1.29, 1.82) is 0 Å². The lowest BCUT2D eigenvalue weighted by Gasteiger charge is -2.37. The van der Waals surface area contributed by atoms with E-state index in [4.69, 9.17) is 4.74 Å². The molecule has 0 saturated carbocycles. The summed E-state index contributed by atoms with van der Waals surface area (Å²) in [7, 11) is 3.97. The van der Waals surface area contributed by atoms with Crippen molar-refractivity contribution in [2.24, 2.45) is 0 Å². The van der Waals surface area contributed by atoms with Crippen LogP contribution in [0.4, 0.5) is 20.2 Å². The molecule has 32 heavy (non-hydrogen) atoms. The third kappa shape index (κ3) is 3.24. The second-order valence-corrected chi connectivity index (χ2v) is 9.37. The molecule has 3 aromatic carbocycles. The van der Waals surface area contributed by atoms with Crippen LogP contribution >= 0.6 is 0 Å². The van der Waals surface area contributed by atoms with Crippen LogP contribution < -0.4 is 15.0 Å². The van der Waals surface area contributed by atoms with Crippen molar-refractivity contribution < 1.29 is 13.5 Å². The lowest BCUT2D eigenvalue weighted by molar-refractivity contribution is 0.231. The van der Waals surface area contributed by atoms with Crippen LogP contribution in [0.5, 0.6) is 5.75 Å². The highest BCUT2D eigenvalue weighted by molar-refractivity contribution is 5.90. The van der Waals surface area contributed by atoms with Crippen molar-refractivity contribution in [1.82, 2.24) is 0 Å². The molecule has 2 aliphatic rings. The minimum Gasteiger partial charge on any atom is -0.477 e. The van der Waals surface area contributed by atoms with Crippen LogP contribution in [-0.2, 0) is 0 Å². The van der Waals surface area contributed by atoms with Gasteiger partial charge in [-0.25, -0.2) is 8.78 Å². The summed E-state index contributed by atoms with van der Waals surface area (Å²) in [6.45, 7) is 6.31. The smallest absolute Gasteiger partial charge is 0.168 e. The summed E-state index contributed by atoms with van der Waals surface area (Å²) in [4.78, 5) is 2.03. The number of nitrogens with one attached hydrogen (secondary N) is 1. The second-order valence-electron chi connectivity index (χ2n) is 9.37. The molecule has 1 atom stereocenters. The molecule has 5 rings (SSSR count). The van der Waals surface area contributed by atoms with E-state index in [9.17, 15) is 8.78 Å². The minimum atomic E-state index is -0.690. The van der Waals surface area contributed by atoms with Crippen molar-refractivity contribution in [2.75, 3.05) is 24.3 Å². The Hall–Kier alpha value is -3.34. The maximum absolute atomic E-state index is 14.8. The minimum absolute atomic E-state index is 0.0891. The van der Waals surface area contributed by atoms with Gasteiger partial charge in [0, 0.05) is 48.2 Å². The first-order valence-electron chi connectivity index (χ1n) is 10.7. The van der Waals surface area contributed by atoms with E-state index in [0.29, 0.717) is 5.56 Å². The number of nitrogens with zero attached hydrogens (tertiary/aromatic N) is 1. The number of halogens is 2. The van der Waals surface area contributed by atoms with Crippen LogP contribution in [0.15, 0.2) is 54.6 Å². The number of fused-ring (bicyclic) bond motifs is 5. The molecule has 0 aliphatic carbocycles. The lowest BCUT2D eigenvalue weighted by Crippen LogP contribution is -2.32. The number of anilines is 2. The van der Waals surface area contributed by atoms with Crippen molar-refractivity contribution in [3.05, 3.63) is 82.9 Å². The SMILES string of the molecule is CC1=CC(C)(C)Nc2ccc3c(c21)C(c1ccc(N(C)C)cc1)Oc1c(F)cc(F)cc1-3. The molecule has 164 valence electrons. The van der Waals surface area contributed by atoms with Crippen LogP contribution in [0.25, 0.3) is 16.7 Å². The average molecular weight is 433 g/mol. The highest BCUT2D eigenvalue weighted by Gasteiger charge is 2.35. The fraction of sp³-hybridized carbons (Fsp3) is 0.259. The van der Waals surface area contributed by atoms with Gasteiger partial charge >= 0.3 is 0 Å². The normalized spacial score (nSPS) is 17.8. The highest BCUT2D eigenvalue weighted by Crippen LogP contribution is 2.51. The van der Waals surface area contributed by atoms with Crippen LogP contribution in [0.1, 0.15) is 43.6 Å². The molecular weight excluding hydrogens is 406 g/mol. The van der Waals surface area contributed by atoms with Gasteiger partial charge in [0.1, 0.15) is 5.82 Å². The third-order valence-corrected chi connectivity index (χ3v) is 6.18. The number of allylic oxidation sites excluding steroid dienone is 1. The van der Waals surface area contributed by atoms with Gasteiger partial charge in [0.2, 0.25) is 0 Å². The summed E-state index contributed by atoms with van der Waals surface area (Å²) in [6, 6.07) is 14.2. The Bertz CT molecular complexity index is 1260. The molecule has 1 N–H and O–H groups in total. The zero-order valence-corrected chi connectivity index (χ0v) is 18.9. The first kappa shape index (κ1) is 20.6. The molecule has 0 fully saturated rings. The van der Waals surface area contributed by atoms with E-state index in [0.717, 1.165) is 45.3 Å². The maximum atomic E-state index is 14.8. The summed E-state index contributed by atoms with van der Waals surface area (Å²) in [5, 5.41) is 3.57. The molecule has 0 saturated heterocycles. The van der Waals surface area contributed by atoms with E-state index in [1.807, 2.05) is 55.4 Å². The molecule has 0 amide bonds. The van der Waals surface area contributed by atoms with Crippen molar-refractivity contribution in [3.8, 4) is 16.9 Å². The van der Waals surface area contributed by atoms with Gasteiger partial charge in [-0.1, -0.05) is 24.3 Å². The van der Waals surface area contributed by atoms with E-state index in [-0.39, 0.29) is 11.3 Å². The molecular formula is C27H26F2N2O. The third-order valence-electron chi connectivity index (χ3n) is 6.18. The van der Waals surface area contributed by atoms with Crippen molar-refractivity contribution in [2.45, 2.75) is 32.4 Å². The van der Waals surface area contributed by atoms with Gasteiger partial charge in [-0.3, -0.25) is 0 Å². The predicted octanol–water partition coefficient (Wildman–Crippen LogP) is 6.79. The first-order valence-corrected chi connectivity index (χ1v) is 10.7. The Morgan fingerprint density at radius 2 is 1.69 bits per heavy atom. The topological polar surface area (TPSA) is 24.5 Å². The lowest BCUT2D eigenvalue weighted by atomic mass is 9.80. The van der Waals surface area contributed by atoms with Crippen LogP contribution in [0.2, 0.25) is 0 Å². The summed E-state index contributed by atoms with van der Waals surface area (Å²) < 4.78 is 35.3. The Morgan fingerprint density at radius 1 is 0.969 bits per heavy atom. The Morgan fingerprint density at radius 3 is 2.38 bits per heavy atom. The van der Waals surface area contributed by atoms with E-state index in [2.05, 4.69) is 32.2 Å². The number of rotatable bonds is 2. The predicted molar refractivity (Wildman–Crippen MR) is 126 cm³/mol. The summed E-state index contributed by atoms with van der Waals surface area (Å²) in [5.74, 6) is -1.22. The molecule has 5 heteroatoms. The molecule has 0 bridgehead atoms. The number of hydrogen-bond donors (Lipinski definition) is 1. The van der Waals surface area contributed by atoms with Crippen molar-refractivity contribution in [3.63, 3.8) is 0 Å². The van der Waals surface area contributed by atoms with E-state index >= 15 is 0 Å². The molecule has 2 heterocycles. The fourth-order valence-corrected chi connectivity index (χ4v) is 4.89. The average Bonchev–Trinajstić information content (AvgIpc) is 2.72. The van der Waals surface area contributed by atoms with Crippen LogP contribution in [-0.4, -0.2) is 19.6 Å². The molecule has 0 radical (unpaired) electrons. The molecule has 0 spiro atoms. The monoisotopic (exact) mass is 432 g/mol.